The number of halogens is 1. The number of aromatic nitrogens is 1. The van der Waals surface area contributed by atoms with Gasteiger partial charge in [0.05, 0.1) is 23.2 Å². The minimum atomic E-state index is -0.295. The van der Waals surface area contributed by atoms with Crippen LogP contribution in [0.3, 0.4) is 0 Å². The molecule has 0 bridgehead atoms. The molecule has 0 fully saturated rings. The summed E-state index contributed by atoms with van der Waals surface area (Å²) in [4.78, 5) is 30.8. The first kappa shape index (κ1) is 15.8. The summed E-state index contributed by atoms with van der Waals surface area (Å²) < 4.78 is 0. The maximum Gasteiger partial charge on any atom is 0.261 e. The molecule has 0 atom stereocenters. The van der Waals surface area contributed by atoms with Gasteiger partial charge in [-0.1, -0.05) is 35.9 Å². The highest BCUT2D eigenvalue weighted by atomic mass is 35.5. The van der Waals surface area contributed by atoms with Crippen LogP contribution < -0.4 is 0 Å². The number of carbonyl (C=O) groups excluding carboxylic acids is 2. The van der Waals surface area contributed by atoms with E-state index in [1.54, 1.807) is 24.3 Å². The number of benzene rings is 2. The average molecular weight is 351 g/mol. The molecule has 0 aliphatic carbocycles. The molecule has 2 amide bonds. The SMILES string of the molecule is Cc1ccc2cc(CN3C(=O)c4ccccc4C3=O)c(Cl)nc2c1C. The molecule has 0 N–H and O–H groups in total. The summed E-state index contributed by atoms with van der Waals surface area (Å²) in [5.74, 6) is -0.589. The number of aryl methyl sites for hydroxylation is 2. The number of amides is 2. The highest BCUT2D eigenvalue weighted by molar-refractivity contribution is 6.30. The fourth-order valence-corrected chi connectivity index (χ4v) is 3.37. The van der Waals surface area contributed by atoms with E-state index in [9.17, 15) is 9.59 Å². The molecule has 1 aliphatic rings. The molecule has 2 heterocycles. The van der Waals surface area contributed by atoms with E-state index in [-0.39, 0.29) is 18.4 Å². The van der Waals surface area contributed by atoms with Gasteiger partial charge in [-0.25, -0.2) is 4.98 Å². The fourth-order valence-electron chi connectivity index (χ4n) is 3.17. The lowest BCUT2D eigenvalue weighted by Gasteiger charge is -2.16. The first-order valence-electron chi connectivity index (χ1n) is 7.98. The van der Waals surface area contributed by atoms with Crippen molar-refractivity contribution in [3.8, 4) is 0 Å². The topological polar surface area (TPSA) is 50.3 Å². The largest absolute Gasteiger partial charge is 0.270 e. The van der Waals surface area contributed by atoms with Crippen molar-refractivity contribution in [1.29, 1.82) is 0 Å². The first-order chi connectivity index (χ1) is 12.0. The lowest BCUT2D eigenvalue weighted by Crippen LogP contribution is -2.29. The van der Waals surface area contributed by atoms with E-state index in [4.69, 9.17) is 11.6 Å². The second-order valence-corrected chi connectivity index (χ2v) is 6.62. The number of imide groups is 1. The van der Waals surface area contributed by atoms with E-state index < -0.39 is 0 Å². The molecule has 0 saturated carbocycles. The van der Waals surface area contributed by atoms with Crippen LogP contribution in [-0.4, -0.2) is 21.7 Å². The lowest BCUT2D eigenvalue weighted by molar-refractivity contribution is 0.0642. The van der Waals surface area contributed by atoms with Gasteiger partial charge in [-0.15, -0.1) is 0 Å². The number of rotatable bonds is 2. The molecular weight excluding hydrogens is 336 g/mol. The van der Waals surface area contributed by atoms with E-state index >= 15 is 0 Å². The van der Waals surface area contributed by atoms with E-state index in [1.165, 1.54) is 4.90 Å². The van der Waals surface area contributed by atoms with E-state index in [1.807, 2.05) is 32.0 Å². The molecule has 4 nitrogen and oxygen atoms in total. The van der Waals surface area contributed by atoms with Crippen molar-refractivity contribution in [2.45, 2.75) is 20.4 Å². The van der Waals surface area contributed by atoms with Gasteiger partial charge in [0, 0.05) is 10.9 Å². The zero-order valence-corrected chi connectivity index (χ0v) is 14.6. The Kier molecular flexibility index (Phi) is 3.58. The van der Waals surface area contributed by atoms with Gasteiger partial charge in [0.25, 0.3) is 11.8 Å². The van der Waals surface area contributed by atoms with Crippen molar-refractivity contribution < 1.29 is 9.59 Å². The molecule has 1 aliphatic heterocycles. The number of pyridine rings is 1. The molecule has 0 unspecified atom stereocenters. The minimum Gasteiger partial charge on any atom is -0.270 e. The predicted octanol–water partition coefficient (Wildman–Crippen LogP) is 4.30. The molecule has 1 aromatic heterocycles. The molecular formula is C20H15ClN2O2. The van der Waals surface area contributed by atoms with Crippen molar-refractivity contribution in [2.24, 2.45) is 0 Å². The van der Waals surface area contributed by atoms with Gasteiger partial charge in [-0.3, -0.25) is 14.5 Å². The highest BCUT2D eigenvalue weighted by Gasteiger charge is 2.35. The van der Waals surface area contributed by atoms with Crippen LogP contribution in [0.25, 0.3) is 10.9 Å². The van der Waals surface area contributed by atoms with Gasteiger partial charge >= 0.3 is 0 Å². The van der Waals surface area contributed by atoms with Gasteiger partial charge in [-0.05, 0) is 43.2 Å². The van der Waals surface area contributed by atoms with E-state index in [0.717, 1.165) is 22.0 Å². The summed E-state index contributed by atoms with van der Waals surface area (Å²) in [6.07, 6.45) is 0. The van der Waals surface area contributed by atoms with Crippen LogP contribution in [-0.2, 0) is 6.54 Å². The van der Waals surface area contributed by atoms with Gasteiger partial charge in [0.15, 0.2) is 0 Å². The molecule has 0 radical (unpaired) electrons. The Morgan fingerprint density at radius 2 is 1.64 bits per heavy atom. The summed E-state index contributed by atoms with van der Waals surface area (Å²) >= 11 is 6.35. The number of nitrogens with zero attached hydrogens (tertiary/aromatic N) is 2. The van der Waals surface area contributed by atoms with Crippen LogP contribution >= 0.6 is 11.6 Å². The second kappa shape index (κ2) is 5.67. The fraction of sp³-hybridized carbons (Fsp3) is 0.150. The van der Waals surface area contributed by atoms with E-state index in [0.29, 0.717) is 21.8 Å². The lowest BCUT2D eigenvalue weighted by atomic mass is 10.0. The Balaban J connectivity index is 1.75. The molecule has 124 valence electrons. The smallest absolute Gasteiger partial charge is 0.261 e. The molecule has 3 aromatic rings. The third-order valence-electron chi connectivity index (χ3n) is 4.74. The van der Waals surface area contributed by atoms with Crippen LogP contribution in [0.5, 0.6) is 0 Å². The summed E-state index contributed by atoms with van der Waals surface area (Å²) in [5.41, 5.74) is 4.59. The first-order valence-corrected chi connectivity index (χ1v) is 8.35. The van der Waals surface area contributed by atoms with Gasteiger partial charge in [0.2, 0.25) is 0 Å². The van der Waals surface area contributed by atoms with Crippen molar-refractivity contribution in [3.63, 3.8) is 0 Å². The zero-order chi connectivity index (χ0) is 17.7. The number of hydrogen-bond acceptors (Lipinski definition) is 3. The van der Waals surface area contributed by atoms with Crippen molar-refractivity contribution >= 4 is 34.3 Å². The normalized spacial score (nSPS) is 13.6. The second-order valence-electron chi connectivity index (χ2n) is 6.26. The maximum atomic E-state index is 12.5. The Morgan fingerprint density at radius 1 is 1.00 bits per heavy atom. The third kappa shape index (κ3) is 2.41. The van der Waals surface area contributed by atoms with Crippen LogP contribution in [0.1, 0.15) is 37.4 Å². The Bertz CT molecular complexity index is 1020. The Morgan fingerprint density at radius 3 is 2.28 bits per heavy atom. The minimum absolute atomic E-state index is 0.112. The Labute approximate surface area is 150 Å². The number of fused-ring (bicyclic) bond motifs is 2. The van der Waals surface area contributed by atoms with Crippen LogP contribution in [0.2, 0.25) is 5.15 Å². The molecule has 25 heavy (non-hydrogen) atoms. The highest BCUT2D eigenvalue weighted by Crippen LogP contribution is 2.29. The van der Waals surface area contributed by atoms with E-state index in [2.05, 4.69) is 4.98 Å². The monoisotopic (exact) mass is 350 g/mol. The van der Waals surface area contributed by atoms with Crippen LogP contribution in [0, 0.1) is 13.8 Å². The maximum absolute atomic E-state index is 12.5. The standard InChI is InChI=1S/C20H15ClN2O2/c1-11-7-8-13-9-14(18(21)22-17(13)12(11)2)10-23-19(24)15-5-3-4-6-16(15)20(23)25/h3-9H,10H2,1-2H3. The molecule has 2 aromatic carbocycles. The molecule has 4 rings (SSSR count). The molecule has 5 heteroatoms. The summed E-state index contributed by atoms with van der Waals surface area (Å²) in [6.45, 7) is 4.14. The predicted molar refractivity (Wildman–Crippen MR) is 96.9 cm³/mol. The third-order valence-corrected chi connectivity index (χ3v) is 5.07. The Hall–Kier alpha value is -2.72. The molecule has 0 saturated heterocycles. The summed E-state index contributed by atoms with van der Waals surface area (Å²) in [5, 5.41) is 1.26. The van der Waals surface area contributed by atoms with Crippen molar-refractivity contribution in [2.75, 3.05) is 0 Å². The summed E-state index contributed by atoms with van der Waals surface area (Å²) in [7, 11) is 0. The molecule has 0 spiro atoms. The number of carbonyl (C=O) groups is 2. The quantitative estimate of drug-likeness (QED) is 0.511. The van der Waals surface area contributed by atoms with Gasteiger partial charge < -0.3 is 0 Å². The van der Waals surface area contributed by atoms with Gasteiger partial charge in [-0.2, -0.15) is 0 Å². The zero-order valence-electron chi connectivity index (χ0n) is 13.8. The number of hydrogen-bond donors (Lipinski definition) is 0. The van der Waals surface area contributed by atoms with Crippen LogP contribution in [0.15, 0.2) is 42.5 Å². The summed E-state index contributed by atoms with van der Waals surface area (Å²) in [6, 6.07) is 12.8. The van der Waals surface area contributed by atoms with Crippen LogP contribution in [0.4, 0.5) is 0 Å². The van der Waals surface area contributed by atoms with Crippen molar-refractivity contribution in [3.05, 3.63) is 75.4 Å². The van der Waals surface area contributed by atoms with Crippen molar-refractivity contribution in [1.82, 2.24) is 9.88 Å². The van der Waals surface area contributed by atoms with Gasteiger partial charge in [0.1, 0.15) is 5.15 Å². The average Bonchev–Trinajstić information content (AvgIpc) is 2.85.